The van der Waals surface area contributed by atoms with Gasteiger partial charge in [-0.05, 0) is 54.4 Å². The summed E-state index contributed by atoms with van der Waals surface area (Å²) >= 11 is 0. The van der Waals surface area contributed by atoms with E-state index >= 15 is 0 Å². The zero-order valence-corrected chi connectivity index (χ0v) is 20.6. The SMILES string of the molecule is COc1cccc(C/C=C\c2ccc(O)c3c2C[C@H]2C[C@H]4CC(=O)C(C(N)=O)=C(O)C4C(=O)C2=C3O)c1O. The van der Waals surface area contributed by atoms with Gasteiger partial charge in [0.15, 0.2) is 23.1 Å². The molecule has 9 nitrogen and oxygen atoms in total. The fourth-order valence-electron chi connectivity index (χ4n) is 6.03. The summed E-state index contributed by atoms with van der Waals surface area (Å²) in [6, 6.07) is 8.34. The number of amides is 1. The number of aromatic hydroxyl groups is 2. The lowest BCUT2D eigenvalue weighted by atomic mass is 9.61. The van der Waals surface area contributed by atoms with Gasteiger partial charge in [0.2, 0.25) is 0 Å². The Hall–Kier alpha value is -4.53. The molecule has 0 spiro atoms. The van der Waals surface area contributed by atoms with Crippen molar-refractivity contribution in [3.63, 3.8) is 0 Å². The smallest absolute Gasteiger partial charge is 0.255 e. The number of rotatable bonds is 5. The molecule has 3 atom stereocenters. The highest BCUT2D eigenvalue weighted by Gasteiger charge is 2.50. The lowest BCUT2D eigenvalue weighted by molar-refractivity contribution is -0.127. The van der Waals surface area contributed by atoms with Crippen molar-refractivity contribution in [3.05, 3.63) is 75.6 Å². The molecule has 0 heterocycles. The second-order valence-corrected chi connectivity index (χ2v) is 9.85. The number of aliphatic hydroxyl groups excluding tert-OH is 2. The van der Waals surface area contributed by atoms with Crippen LogP contribution >= 0.6 is 0 Å². The third-order valence-corrected chi connectivity index (χ3v) is 7.75. The van der Waals surface area contributed by atoms with Crippen LogP contribution in [0.4, 0.5) is 0 Å². The van der Waals surface area contributed by atoms with Crippen LogP contribution in [0.15, 0.2) is 53.3 Å². The summed E-state index contributed by atoms with van der Waals surface area (Å²) in [5.41, 5.74) is 6.94. The Morgan fingerprint density at radius 2 is 1.87 bits per heavy atom. The molecule has 0 aliphatic heterocycles. The van der Waals surface area contributed by atoms with Crippen LogP contribution in [0, 0.1) is 17.8 Å². The number of fused-ring (bicyclic) bond motifs is 3. The number of Topliss-reactive ketones (excluding diaryl/α,β-unsaturated/α-hetero) is 2. The van der Waals surface area contributed by atoms with E-state index in [2.05, 4.69) is 0 Å². The molecule has 1 amide bonds. The van der Waals surface area contributed by atoms with Crippen molar-refractivity contribution in [3.8, 4) is 17.2 Å². The molecule has 0 radical (unpaired) electrons. The third kappa shape index (κ3) is 3.91. The Morgan fingerprint density at radius 3 is 2.58 bits per heavy atom. The number of carbonyl (C=O) groups excluding carboxylic acids is 3. The second kappa shape index (κ2) is 9.41. The Balaban J connectivity index is 1.52. The van der Waals surface area contributed by atoms with Crippen LogP contribution in [0.5, 0.6) is 17.2 Å². The molecule has 0 aromatic heterocycles. The molecule has 5 rings (SSSR count). The summed E-state index contributed by atoms with van der Waals surface area (Å²) in [4.78, 5) is 37.7. The van der Waals surface area contributed by atoms with E-state index in [1.54, 1.807) is 24.3 Å². The molecule has 6 N–H and O–H groups in total. The molecule has 196 valence electrons. The van der Waals surface area contributed by atoms with Gasteiger partial charge in [-0.3, -0.25) is 14.4 Å². The van der Waals surface area contributed by atoms with E-state index in [1.807, 2.05) is 12.2 Å². The predicted octanol–water partition coefficient (Wildman–Crippen LogP) is 3.28. The average molecular weight is 518 g/mol. The summed E-state index contributed by atoms with van der Waals surface area (Å²) in [7, 11) is 1.47. The summed E-state index contributed by atoms with van der Waals surface area (Å²) in [6.07, 6.45) is 4.60. The molecule has 0 saturated heterocycles. The molecule has 2 aromatic carbocycles. The largest absolute Gasteiger partial charge is 0.511 e. The van der Waals surface area contributed by atoms with Crippen LogP contribution in [0.3, 0.4) is 0 Å². The number of hydrogen-bond donors (Lipinski definition) is 5. The standard InChI is InChI=1S/C29H27NO8/c1-38-20-7-3-6-14(25(20)33)5-2-4-13-8-9-18(31)23-17(13)11-15-10-16-12-19(32)24(29(30)37)28(36)22(16)26(34)21(15)27(23)35/h2-4,6-9,15-16,22,31,33,35-36H,5,10-12H2,1H3,(H2,30,37)/b4-2-/t15-,16+,22?/m1/s1. The van der Waals surface area contributed by atoms with Crippen LogP contribution in [-0.4, -0.2) is 45.0 Å². The molecule has 1 saturated carbocycles. The minimum absolute atomic E-state index is 0.0479. The van der Waals surface area contributed by atoms with Crippen molar-refractivity contribution in [2.45, 2.75) is 25.7 Å². The Morgan fingerprint density at radius 1 is 1.11 bits per heavy atom. The number of aliphatic hydroxyl groups is 2. The van der Waals surface area contributed by atoms with Crippen molar-refractivity contribution in [2.24, 2.45) is 23.5 Å². The van der Waals surface area contributed by atoms with Gasteiger partial charge in [-0.25, -0.2) is 0 Å². The van der Waals surface area contributed by atoms with E-state index in [4.69, 9.17) is 10.5 Å². The van der Waals surface area contributed by atoms with Crippen LogP contribution < -0.4 is 10.5 Å². The number of phenols is 2. The fraction of sp³-hybridized carbons (Fsp3) is 0.276. The Kier molecular flexibility index (Phi) is 6.22. The minimum atomic E-state index is -1.15. The first kappa shape index (κ1) is 25.1. The van der Waals surface area contributed by atoms with Crippen LogP contribution in [-0.2, 0) is 27.2 Å². The molecular formula is C29H27NO8. The molecule has 1 fully saturated rings. The summed E-state index contributed by atoms with van der Waals surface area (Å²) in [5.74, 6) is -5.19. The van der Waals surface area contributed by atoms with Crippen molar-refractivity contribution in [2.75, 3.05) is 7.11 Å². The average Bonchev–Trinajstić information content (AvgIpc) is 2.85. The van der Waals surface area contributed by atoms with Crippen LogP contribution in [0.25, 0.3) is 11.8 Å². The molecule has 3 aliphatic carbocycles. The maximum atomic E-state index is 13.5. The molecule has 3 aliphatic rings. The van der Waals surface area contributed by atoms with Gasteiger partial charge in [-0.2, -0.15) is 0 Å². The van der Waals surface area contributed by atoms with Gasteiger partial charge >= 0.3 is 0 Å². The summed E-state index contributed by atoms with van der Waals surface area (Å²) in [5, 5.41) is 42.8. The molecule has 38 heavy (non-hydrogen) atoms. The molecule has 9 heteroatoms. The van der Waals surface area contributed by atoms with Crippen molar-refractivity contribution >= 4 is 29.3 Å². The van der Waals surface area contributed by atoms with E-state index in [0.717, 1.165) is 5.56 Å². The van der Waals surface area contributed by atoms with Gasteiger partial charge in [-0.15, -0.1) is 0 Å². The number of benzene rings is 2. The van der Waals surface area contributed by atoms with Crippen LogP contribution in [0.2, 0.25) is 0 Å². The van der Waals surface area contributed by atoms with Gasteiger partial charge < -0.3 is 30.9 Å². The molecule has 0 bridgehead atoms. The first-order chi connectivity index (χ1) is 18.1. The number of allylic oxidation sites excluding steroid dienone is 3. The number of methoxy groups -OCH3 is 1. The lowest BCUT2D eigenvalue weighted by Crippen LogP contribution is -2.44. The number of nitrogens with two attached hydrogens (primary N) is 1. The Labute approximate surface area is 218 Å². The number of hydrogen-bond acceptors (Lipinski definition) is 8. The predicted molar refractivity (Wildman–Crippen MR) is 137 cm³/mol. The number of ketones is 2. The summed E-state index contributed by atoms with van der Waals surface area (Å²) < 4.78 is 5.15. The van der Waals surface area contributed by atoms with Crippen molar-refractivity contribution in [1.82, 2.24) is 0 Å². The second-order valence-electron chi connectivity index (χ2n) is 9.85. The Bertz CT molecular complexity index is 1480. The van der Waals surface area contributed by atoms with Gasteiger partial charge in [0.1, 0.15) is 22.8 Å². The van der Waals surface area contributed by atoms with E-state index in [1.165, 1.54) is 13.2 Å². The monoisotopic (exact) mass is 517 g/mol. The maximum absolute atomic E-state index is 13.5. The van der Waals surface area contributed by atoms with Crippen LogP contribution in [0.1, 0.15) is 35.1 Å². The first-order valence-corrected chi connectivity index (χ1v) is 12.2. The van der Waals surface area contributed by atoms with Gasteiger partial charge in [0, 0.05) is 17.6 Å². The number of para-hydroxylation sites is 1. The highest BCUT2D eigenvalue weighted by Crippen LogP contribution is 2.50. The van der Waals surface area contributed by atoms with Crippen molar-refractivity contribution < 1.29 is 39.5 Å². The van der Waals surface area contributed by atoms with Gasteiger partial charge in [-0.1, -0.05) is 30.4 Å². The first-order valence-electron chi connectivity index (χ1n) is 12.2. The highest BCUT2D eigenvalue weighted by molar-refractivity contribution is 6.21. The van der Waals surface area contributed by atoms with E-state index < -0.39 is 46.6 Å². The number of carbonyl (C=O) groups is 3. The lowest BCUT2D eigenvalue weighted by Gasteiger charge is -2.41. The zero-order chi connectivity index (χ0) is 27.3. The number of primary amides is 1. The molecule has 2 aromatic rings. The fourth-order valence-corrected chi connectivity index (χ4v) is 6.03. The minimum Gasteiger partial charge on any atom is -0.511 e. The summed E-state index contributed by atoms with van der Waals surface area (Å²) in [6.45, 7) is 0. The van der Waals surface area contributed by atoms with Gasteiger partial charge in [0.25, 0.3) is 5.91 Å². The topological polar surface area (TPSA) is 167 Å². The quantitative estimate of drug-likeness (QED) is 0.377. The maximum Gasteiger partial charge on any atom is 0.255 e. The molecular weight excluding hydrogens is 490 g/mol. The molecule has 1 unspecified atom stereocenters. The van der Waals surface area contributed by atoms with E-state index in [9.17, 15) is 34.8 Å². The zero-order valence-electron chi connectivity index (χ0n) is 20.6. The normalized spacial score (nSPS) is 22.8. The van der Waals surface area contributed by atoms with E-state index in [-0.39, 0.29) is 34.8 Å². The van der Waals surface area contributed by atoms with Crippen molar-refractivity contribution in [1.29, 1.82) is 0 Å². The van der Waals surface area contributed by atoms with Gasteiger partial charge in [0.05, 0.1) is 18.6 Å². The van der Waals surface area contributed by atoms with E-state index in [0.29, 0.717) is 36.1 Å². The number of phenolic OH excluding ortho intramolecular Hbond substituents is 2. The third-order valence-electron chi connectivity index (χ3n) is 7.75. The number of ether oxygens (including phenoxy) is 1. The highest BCUT2D eigenvalue weighted by atomic mass is 16.5.